The number of rotatable bonds is 4. The van der Waals surface area contributed by atoms with Crippen molar-refractivity contribution in [3.05, 3.63) is 48.3 Å². The van der Waals surface area contributed by atoms with Crippen LogP contribution in [0.25, 0.3) is 17.0 Å². The average molecular weight is 354 g/mol. The lowest BCUT2D eigenvalue weighted by Gasteiger charge is -2.20. The minimum absolute atomic E-state index is 0.0207. The van der Waals surface area contributed by atoms with Crippen molar-refractivity contribution in [2.75, 3.05) is 5.32 Å². The minimum Gasteiger partial charge on any atom is -0.367 e. The van der Waals surface area contributed by atoms with Gasteiger partial charge in [-0.25, -0.2) is 18.7 Å². The number of hydrogen-bond acceptors (Lipinski definition) is 3. The molecular weight excluding hydrogens is 334 g/mol. The molecule has 0 amide bonds. The zero-order valence-corrected chi connectivity index (χ0v) is 14.3. The molecule has 1 spiro atoms. The number of pyridine rings is 2. The van der Waals surface area contributed by atoms with Crippen molar-refractivity contribution < 1.29 is 8.78 Å². The van der Waals surface area contributed by atoms with E-state index in [0.29, 0.717) is 17.1 Å². The lowest BCUT2D eigenvalue weighted by Crippen LogP contribution is -2.25. The van der Waals surface area contributed by atoms with E-state index < -0.39 is 6.43 Å². The fraction of sp³-hybridized carbons (Fsp3) is 0.400. The molecule has 3 aromatic rings. The molecule has 2 aliphatic rings. The molecule has 5 rings (SSSR count). The Labute approximate surface area is 150 Å². The Morgan fingerprint density at radius 3 is 2.85 bits per heavy atom. The van der Waals surface area contributed by atoms with Crippen molar-refractivity contribution in [1.29, 1.82) is 0 Å². The summed E-state index contributed by atoms with van der Waals surface area (Å²) in [4.78, 5) is 9.06. The maximum absolute atomic E-state index is 13.0. The van der Waals surface area contributed by atoms with Crippen molar-refractivity contribution in [2.24, 2.45) is 5.41 Å². The quantitative estimate of drug-likeness (QED) is 0.710. The monoisotopic (exact) mass is 354 g/mol. The highest BCUT2D eigenvalue weighted by Crippen LogP contribution is 2.58. The summed E-state index contributed by atoms with van der Waals surface area (Å²) in [5, 5.41) is 3.61. The van der Waals surface area contributed by atoms with Crippen LogP contribution in [0.3, 0.4) is 0 Å². The highest BCUT2D eigenvalue weighted by Gasteiger charge is 2.51. The molecule has 0 bridgehead atoms. The lowest BCUT2D eigenvalue weighted by atomic mass is 10.0. The van der Waals surface area contributed by atoms with E-state index in [1.807, 2.05) is 18.2 Å². The van der Waals surface area contributed by atoms with Crippen LogP contribution in [0.15, 0.2) is 42.7 Å². The predicted molar refractivity (Wildman–Crippen MR) is 96.3 cm³/mol. The molecular formula is C20H20F2N4. The van der Waals surface area contributed by atoms with Crippen LogP contribution in [0.1, 0.15) is 44.1 Å². The summed E-state index contributed by atoms with van der Waals surface area (Å²) in [6.45, 7) is 0. The average Bonchev–Trinajstić information content (AvgIpc) is 3.14. The van der Waals surface area contributed by atoms with Gasteiger partial charge in [0.25, 0.3) is 6.43 Å². The zero-order valence-electron chi connectivity index (χ0n) is 14.3. The number of nitrogens with one attached hydrogen (secondary N) is 1. The minimum atomic E-state index is -2.51. The molecule has 3 heterocycles. The Morgan fingerprint density at radius 1 is 1.15 bits per heavy atom. The van der Waals surface area contributed by atoms with Crippen LogP contribution < -0.4 is 5.32 Å². The molecule has 2 aliphatic carbocycles. The second-order valence-electron chi connectivity index (χ2n) is 7.49. The summed E-state index contributed by atoms with van der Waals surface area (Å²) < 4.78 is 27.8. The van der Waals surface area contributed by atoms with Gasteiger partial charge < -0.3 is 5.32 Å². The van der Waals surface area contributed by atoms with Gasteiger partial charge in [0, 0.05) is 17.8 Å². The predicted octanol–water partition coefficient (Wildman–Crippen LogP) is 5.08. The van der Waals surface area contributed by atoms with Crippen molar-refractivity contribution in [3.8, 4) is 11.4 Å². The molecule has 2 fully saturated rings. The summed E-state index contributed by atoms with van der Waals surface area (Å²) in [5.74, 6) is 0.848. The molecule has 1 N–H and O–H groups in total. The van der Waals surface area contributed by atoms with Crippen LogP contribution >= 0.6 is 0 Å². The molecule has 3 aromatic heterocycles. The highest BCUT2D eigenvalue weighted by atomic mass is 19.3. The van der Waals surface area contributed by atoms with Gasteiger partial charge in [0.2, 0.25) is 0 Å². The van der Waals surface area contributed by atoms with Crippen LogP contribution in [0, 0.1) is 5.41 Å². The first-order chi connectivity index (χ1) is 12.6. The van der Waals surface area contributed by atoms with Gasteiger partial charge in [-0.3, -0.25) is 4.40 Å². The van der Waals surface area contributed by atoms with Gasteiger partial charge in [0.05, 0.1) is 17.6 Å². The fourth-order valence-corrected chi connectivity index (χ4v) is 4.27. The first kappa shape index (κ1) is 15.7. The Balaban J connectivity index is 1.49. The van der Waals surface area contributed by atoms with E-state index in [-0.39, 0.29) is 5.56 Å². The van der Waals surface area contributed by atoms with Crippen LogP contribution in [0.2, 0.25) is 0 Å². The van der Waals surface area contributed by atoms with Gasteiger partial charge in [0.15, 0.2) is 0 Å². The summed E-state index contributed by atoms with van der Waals surface area (Å²) >= 11 is 0. The van der Waals surface area contributed by atoms with Crippen molar-refractivity contribution in [1.82, 2.24) is 14.4 Å². The normalized spacial score (nSPS) is 21.0. The van der Waals surface area contributed by atoms with E-state index in [2.05, 4.69) is 10.3 Å². The van der Waals surface area contributed by atoms with Crippen molar-refractivity contribution in [2.45, 2.75) is 44.6 Å². The molecule has 0 aromatic carbocycles. The summed E-state index contributed by atoms with van der Waals surface area (Å²) in [6, 6.07) is 9.35. The van der Waals surface area contributed by atoms with Gasteiger partial charge >= 0.3 is 0 Å². The van der Waals surface area contributed by atoms with Gasteiger partial charge in [0.1, 0.15) is 11.5 Å². The third-order valence-corrected chi connectivity index (χ3v) is 5.91. The standard InChI is InChI=1S/C20H20F2N4/c21-19(22)13-6-7-18-23-11-15(26(18)12-13)14-3-1-5-17(24-14)25-16-4-2-8-20(16)9-10-20/h1,3,5-7,11-12,16,19H,2,4,8-10H2,(H,24,25)/t16-/m0/s1. The molecule has 0 radical (unpaired) electrons. The first-order valence-electron chi connectivity index (χ1n) is 9.14. The number of alkyl halides is 2. The highest BCUT2D eigenvalue weighted by molar-refractivity contribution is 5.62. The number of hydrogen-bond donors (Lipinski definition) is 1. The third kappa shape index (κ3) is 2.55. The van der Waals surface area contributed by atoms with Crippen molar-refractivity contribution in [3.63, 3.8) is 0 Å². The van der Waals surface area contributed by atoms with Gasteiger partial charge in [-0.1, -0.05) is 12.5 Å². The van der Waals surface area contributed by atoms with E-state index in [9.17, 15) is 8.78 Å². The van der Waals surface area contributed by atoms with Crippen LogP contribution in [0.5, 0.6) is 0 Å². The van der Waals surface area contributed by atoms with Crippen molar-refractivity contribution >= 4 is 11.5 Å². The number of nitrogens with zero attached hydrogens (tertiary/aromatic N) is 3. The van der Waals surface area contributed by atoms with Gasteiger partial charge in [-0.2, -0.15) is 0 Å². The zero-order chi connectivity index (χ0) is 17.7. The molecule has 0 saturated heterocycles. The van der Waals surface area contributed by atoms with Crippen LogP contribution in [0.4, 0.5) is 14.6 Å². The number of aromatic nitrogens is 3. The largest absolute Gasteiger partial charge is 0.367 e. The molecule has 6 heteroatoms. The third-order valence-electron chi connectivity index (χ3n) is 5.91. The van der Waals surface area contributed by atoms with E-state index in [1.54, 1.807) is 16.7 Å². The maximum atomic E-state index is 13.0. The summed E-state index contributed by atoms with van der Waals surface area (Å²) in [5.41, 5.74) is 2.56. The Bertz CT molecular complexity index is 961. The van der Waals surface area contributed by atoms with E-state index >= 15 is 0 Å². The maximum Gasteiger partial charge on any atom is 0.265 e. The SMILES string of the molecule is FC(F)c1ccc2ncc(-c3cccc(N[C@H]4CCCC45CC5)n3)n2c1. The van der Waals surface area contributed by atoms with Gasteiger partial charge in [-0.05, 0) is 55.4 Å². The number of halogens is 2. The van der Waals surface area contributed by atoms with E-state index in [1.165, 1.54) is 44.4 Å². The molecule has 0 unspecified atom stereocenters. The smallest absolute Gasteiger partial charge is 0.265 e. The second-order valence-corrected chi connectivity index (χ2v) is 7.49. The van der Waals surface area contributed by atoms with E-state index in [4.69, 9.17) is 4.98 Å². The summed E-state index contributed by atoms with van der Waals surface area (Å²) in [6.07, 6.45) is 7.04. The van der Waals surface area contributed by atoms with Crippen LogP contribution in [-0.4, -0.2) is 20.4 Å². The Morgan fingerprint density at radius 2 is 2.04 bits per heavy atom. The van der Waals surface area contributed by atoms with Gasteiger partial charge in [-0.15, -0.1) is 0 Å². The number of fused-ring (bicyclic) bond motifs is 1. The number of anilines is 1. The molecule has 26 heavy (non-hydrogen) atoms. The Kier molecular flexibility index (Phi) is 3.48. The van der Waals surface area contributed by atoms with E-state index in [0.717, 1.165) is 17.2 Å². The van der Waals surface area contributed by atoms with Crippen LogP contribution in [-0.2, 0) is 0 Å². The first-order valence-corrected chi connectivity index (χ1v) is 9.14. The lowest BCUT2D eigenvalue weighted by molar-refractivity contribution is 0.151. The molecule has 0 aliphatic heterocycles. The molecule has 2 saturated carbocycles. The summed E-state index contributed by atoms with van der Waals surface area (Å²) in [7, 11) is 0. The molecule has 1 atom stereocenters. The number of imidazole rings is 1. The Hall–Kier alpha value is -2.50. The topological polar surface area (TPSA) is 42.2 Å². The molecule has 134 valence electrons. The fourth-order valence-electron chi connectivity index (χ4n) is 4.27. The molecule has 4 nitrogen and oxygen atoms in total. The second kappa shape index (κ2) is 5.76.